The Bertz CT molecular complexity index is 869. The summed E-state index contributed by atoms with van der Waals surface area (Å²) in [5, 5.41) is 0. The zero-order chi connectivity index (χ0) is 17.9. The van der Waals surface area contributed by atoms with Crippen LogP contribution in [0.4, 0.5) is 4.39 Å². The van der Waals surface area contributed by atoms with Gasteiger partial charge < -0.3 is 9.14 Å². The van der Waals surface area contributed by atoms with Gasteiger partial charge in [0, 0.05) is 44.7 Å². The first kappa shape index (κ1) is 17.2. The van der Waals surface area contributed by atoms with Crippen LogP contribution in [0.1, 0.15) is 29.7 Å². The number of halogens is 1. The monoisotopic (exact) mass is 353 g/mol. The molecule has 1 aromatic carbocycles. The highest BCUT2D eigenvalue weighted by atomic mass is 19.1. The first-order valence-electron chi connectivity index (χ1n) is 9.18. The Balaban J connectivity index is 1.57. The Morgan fingerprint density at radius 2 is 1.85 bits per heavy atom. The minimum atomic E-state index is -0.193. The lowest BCUT2D eigenvalue weighted by Gasteiger charge is -2.34. The molecule has 1 aliphatic rings. The highest BCUT2D eigenvalue weighted by molar-refractivity contribution is 5.41. The summed E-state index contributed by atoms with van der Waals surface area (Å²) in [5.74, 6) is -0.193. The third-order valence-electron chi connectivity index (χ3n) is 5.02. The predicted molar refractivity (Wildman–Crippen MR) is 99.4 cm³/mol. The summed E-state index contributed by atoms with van der Waals surface area (Å²) >= 11 is 0. The Morgan fingerprint density at radius 1 is 1.08 bits per heavy atom. The first-order chi connectivity index (χ1) is 12.7. The molecule has 0 N–H and O–H groups in total. The van der Waals surface area contributed by atoms with E-state index in [0.717, 1.165) is 56.0 Å². The van der Waals surface area contributed by atoms with Crippen molar-refractivity contribution in [3.8, 4) is 0 Å². The van der Waals surface area contributed by atoms with Gasteiger partial charge in [-0.25, -0.2) is 9.37 Å². The largest absolute Gasteiger partial charge is 0.381 e. The molecule has 1 saturated heterocycles. The molecule has 0 unspecified atom stereocenters. The smallest absolute Gasteiger partial charge is 0.137 e. The topological polar surface area (TPSA) is 29.8 Å². The Morgan fingerprint density at radius 3 is 2.62 bits per heavy atom. The van der Waals surface area contributed by atoms with E-state index in [1.165, 1.54) is 17.7 Å². The lowest BCUT2D eigenvalue weighted by Crippen LogP contribution is -2.38. The molecule has 0 radical (unpaired) electrons. The van der Waals surface area contributed by atoms with Gasteiger partial charge in [-0.15, -0.1) is 0 Å². The maximum Gasteiger partial charge on any atom is 0.137 e. The number of imidazole rings is 1. The minimum absolute atomic E-state index is 0.193. The fourth-order valence-electron chi connectivity index (χ4n) is 3.63. The zero-order valence-corrected chi connectivity index (χ0v) is 15.1. The van der Waals surface area contributed by atoms with E-state index >= 15 is 0 Å². The molecule has 5 heteroatoms. The van der Waals surface area contributed by atoms with E-state index in [1.807, 2.05) is 12.1 Å². The maximum absolute atomic E-state index is 13.2. The Hall–Kier alpha value is -2.24. The van der Waals surface area contributed by atoms with Crippen LogP contribution >= 0.6 is 0 Å². The summed E-state index contributed by atoms with van der Waals surface area (Å²) in [4.78, 5) is 7.22. The number of nitrogens with zero attached hydrogens (tertiary/aromatic N) is 3. The third kappa shape index (κ3) is 3.94. The molecule has 1 aliphatic heterocycles. The molecule has 0 aliphatic carbocycles. The summed E-state index contributed by atoms with van der Waals surface area (Å²) in [6, 6.07) is 11.4. The third-order valence-corrected chi connectivity index (χ3v) is 5.02. The number of ether oxygens (including phenoxy) is 1. The predicted octanol–water partition coefficient (Wildman–Crippen LogP) is 3.96. The van der Waals surface area contributed by atoms with E-state index in [0.29, 0.717) is 6.04 Å². The lowest BCUT2D eigenvalue weighted by atomic mass is 10.1. The van der Waals surface area contributed by atoms with Crippen LogP contribution in [-0.2, 0) is 17.8 Å². The number of hydrogen-bond donors (Lipinski definition) is 0. The molecule has 136 valence electrons. The summed E-state index contributed by atoms with van der Waals surface area (Å²) in [7, 11) is 0. The number of fused-ring (bicyclic) bond motifs is 1. The number of benzene rings is 1. The van der Waals surface area contributed by atoms with Crippen LogP contribution < -0.4 is 0 Å². The van der Waals surface area contributed by atoms with Crippen LogP contribution in [0.3, 0.4) is 0 Å². The van der Waals surface area contributed by atoms with E-state index in [1.54, 1.807) is 0 Å². The number of rotatable bonds is 5. The number of aromatic nitrogens is 2. The highest BCUT2D eigenvalue weighted by Crippen LogP contribution is 2.21. The second-order valence-electron chi connectivity index (χ2n) is 7.08. The summed E-state index contributed by atoms with van der Waals surface area (Å²) in [6.07, 6.45) is 6.26. The SMILES string of the molecule is Cc1ccc2nc(CN(Cc3ccc(F)cc3)C3CCOCC3)cn2c1. The van der Waals surface area contributed by atoms with Gasteiger partial charge in [0.05, 0.1) is 5.69 Å². The Labute approximate surface area is 153 Å². The van der Waals surface area contributed by atoms with E-state index in [9.17, 15) is 4.39 Å². The molecule has 0 spiro atoms. The van der Waals surface area contributed by atoms with Crippen molar-refractivity contribution in [3.05, 3.63) is 71.4 Å². The molecular weight excluding hydrogens is 329 g/mol. The molecule has 0 saturated carbocycles. The van der Waals surface area contributed by atoms with Gasteiger partial charge >= 0.3 is 0 Å². The van der Waals surface area contributed by atoms with E-state index in [4.69, 9.17) is 9.72 Å². The van der Waals surface area contributed by atoms with Crippen molar-refractivity contribution in [2.45, 2.75) is 38.9 Å². The molecule has 4 nitrogen and oxygen atoms in total. The van der Waals surface area contributed by atoms with E-state index in [2.05, 4.69) is 40.8 Å². The molecule has 3 aromatic rings. The normalized spacial score (nSPS) is 15.8. The van der Waals surface area contributed by atoms with Crippen molar-refractivity contribution in [1.82, 2.24) is 14.3 Å². The van der Waals surface area contributed by atoms with Crippen LogP contribution in [0.15, 0.2) is 48.8 Å². The van der Waals surface area contributed by atoms with Crippen LogP contribution in [-0.4, -0.2) is 33.5 Å². The standard InChI is InChI=1S/C21H24FN3O/c1-16-2-7-21-23-19(15-25(21)12-16)14-24(20-8-10-26-11-9-20)13-17-3-5-18(22)6-4-17/h2-7,12,15,20H,8-11,13-14H2,1H3. The fourth-order valence-corrected chi connectivity index (χ4v) is 3.63. The van der Waals surface area contributed by atoms with Gasteiger partial charge in [-0.2, -0.15) is 0 Å². The molecular formula is C21H24FN3O. The second-order valence-corrected chi connectivity index (χ2v) is 7.08. The average molecular weight is 353 g/mol. The molecule has 2 aromatic heterocycles. The zero-order valence-electron chi connectivity index (χ0n) is 15.1. The molecule has 1 fully saturated rings. The van der Waals surface area contributed by atoms with Gasteiger partial charge in [0.1, 0.15) is 11.5 Å². The van der Waals surface area contributed by atoms with Crippen molar-refractivity contribution in [2.75, 3.05) is 13.2 Å². The second kappa shape index (κ2) is 7.56. The van der Waals surface area contributed by atoms with Crippen LogP contribution in [0, 0.1) is 12.7 Å². The van der Waals surface area contributed by atoms with Crippen molar-refractivity contribution >= 4 is 5.65 Å². The molecule has 3 heterocycles. The lowest BCUT2D eigenvalue weighted by molar-refractivity contribution is 0.0273. The van der Waals surface area contributed by atoms with Crippen molar-refractivity contribution in [2.24, 2.45) is 0 Å². The van der Waals surface area contributed by atoms with Crippen LogP contribution in [0.2, 0.25) is 0 Å². The van der Waals surface area contributed by atoms with Gasteiger partial charge in [0.15, 0.2) is 0 Å². The van der Waals surface area contributed by atoms with Crippen molar-refractivity contribution < 1.29 is 9.13 Å². The van der Waals surface area contributed by atoms with Gasteiger partial charge in [-0.05, 0) is 49.1 Å². The number of pyridine rings is 1. The summed E-state index contributed by atoms with van der Waals surface area (Å²) in [5.41, 5.74) is 4.37. The average Bonchev–Trinajstić information content (AvgIpc) is 3.05. The molecule has 0 bridgehead atoms. The summed E-state index contributed by atoms with van der Waals surface area (Å²) < 4.78 is 20.9. The molecule has 0 atom stereocenters. The number of hydrogen-bond acceptors (Lipinski definition) is 3. The quantitative estimate of drug-likeness (QED) is 0.695. The molecule has 4 rings (SSSR count). The van der Waals surface area contributed by atoms with Gasteiger partial charge in [-0.1, -0.05) is 18.2 Å². The maximum atomic E-state index is 13.2. The number of aryl methyl sites for hydroxylation is 1. The first-order valence-corrected chi connectivity index (χ1v) is 9.18. The van der Waals surface area contributed by atoms with Crippen molar-refractivity contribution in [1.29, 1.82) is 0 Å². The van der Waals surface area contributed by atoms with Crippen LogP contribution in [0.5, 0.6) is 0 Å². The van der Waals surface area contributed by atoms with Gasteiger partial charge in [0.25, 0.3) is 0 Å². The minimum Gasteiger partial charge on any atom is -0.381 e. The highest BCUT2D eigenvalue weighted by Gasteiger charge is 2.22. The van der Waals surface area contributed by atoms with Crippen LogP contribution in [0.25, 0.3) is 5.65 Å². The van der Waals surface area contributed by atoms with Gasteiger partial charge in [-0.3, -0.25) is 4.90 Å². The van der Waals surface area contributed by atoms with Crippen molar-refractivity contribution in [3.63, 3.8) is 0 Å². The molecule has 0 amide bonds. The van der Waals surface area contributed by atoms with E-state index < -0.39 is 0 Å². The Kier molecular flexibility index (Phi) is 5.00. The molecule has 26 heavy (non-hydrogen) atoms. The fraction of sp³-hybridized carbons (Fsp3) is 0.381. The van der Waals surface area contributed by atoms with E-state index in [-0.39, 0.29) is 5.82 Å². The van der Waals surface area contributed by atoms with Gasteiger partial charge in [0.2, 0.25) is 0 Å². The summed E-state index contributed by atoms with van der Waals surface area (Å²) in [6.45, 7) is 5.26.